The zero-order valence-electron chi connectivity index (χ0n) is 10.3. The Labute approximate surface area is 102 Å². The van der Waals surface area contributed by atoms with Crippen molar-refractivity contribution in [2.45, 2.75) is 19.4 Å². The molecule has 1 fully saturated rings. The average molecular weight is 236 g/mol. The van der Waals surface area contributed by atoms with E-state index < -0.39 is 0 Å². The van der Waals surface area contributed by atoms with E-state index in [4.69, 9.17) is 4.74 Å². The van der Waals surface area contributed by atoms with E-state index in [0.29, 0.717) is 6.61 Å². The summed E-state index contributed by atoms with van der Waals surface area (Å²) in [4.78, 5) is 8.35. The predicted octanol–water partition coefficient (Wildman–Crippen LogP) is 1.03. The Balaban J connectivity index is 1.83. The van der Waals surface area contributed by atoms with Crippen molar-refractivity contribution in [3.63, 3.8) is 0 Å². The Morgan fingerprint density at radius 2 is 2.24 bits per heavy atom. The number of nitrogens with zero attached hydrogens (tertiary/aromatic N) is 2. The first-order chi connectivity index (χ1) is 8.38. The van der Waals surface area contributed by atoms with E-state index in [1.54, 1.807) is 13.4 Å². The summed E-state index contributed by atoms with van der Waals surface area (Å²) < 4.78 is 5.05. The van der Waals surface area contributed by atoms with Gasteiger partial charge in [-0.1, -0.05) is 0 Å². The molecule has 0 atom stereocenters. The average Bonchev–Trinajstić information content (AvgIpc) is 2.39. The molecule has 5 heteroatoms. The summed E-state index contributed by atoms with van der Waals surface area (Å²) in [7, 11) is 1.67. The highest BCUT2D eigenvalue weighted by Crippen LogP contribution is 2.13. The van der Waals surface area contributed by atoms with Crippen molar-refractivity contribution < 1.29 is 4.74 Å². The van der Waals surface area contributed by atoms with Gasteiger partial charge in [-0.05, 0) is 31.8 Å². The zero-order chi connectivity index (χ0) is 11.9. The number of anilines is 1. The molecule has 2 rings (SSSR count). The van der Waals surface area contributed by atoms with Crippen LogP contribution in [-0.4, -0.2) is 36.7 Å². The van der Waals surface area contributed by atoms with Crippen molar-refractivity contribution in [3.8, 4) is 0 Å². The summed E-state index contributed by atoms with van der Waals surface area (Å²) >= 11 is 0. The van der Waals surface area contributed by atoms with Crippen LogP contribution in [-0.2, 0) is 11.3 Å². The van der Waals surface area contributed by atoms with Crippen LogP contribution in [0.15, 0.2) is 12.4 Å². The minimum atomic E-state index is 0.532. The lowest BCUT2D eigenvalue weighted by Gasteiger charge is -2.22. The van der Waals surface area contributed by atoms with E-state index in [9.17, 15) is 0 Å². The van der Waals surface area contributed by atoms with Gasteiger partial charge in [0, 0.05) is 19.7 Å². The Hall–Kier alpha value is -1.20. The standard InChI is InChI=1S/C12H20N4O/c1-17-8-11-6-12(16-9-15-11)14-7-10-2-4-13-5-3-10/h6,9-10,13H,2-5,7-8H2,1H3,(H,14,15,16). The summed E-state index contributed by atoms with van der Waals surface area (Å²) in [5, 5.41) is 6.75. The summed E-state index contributed by atoms with van der Waals surface area (Å²) in [6.45, 7) is 3.78. The Kier molecular flexibility index (Phi) is 4.70. The van der Waals surface area contributed by atoms with Gasteiger partial charge in [-0.3, -0.25) is 0 Å². The molecule has 0 unspecified atom stereocenters. The van der Waals surface area contributed by atoms with Gasteiger partial charge >= 0.3 is 0 Å². The number of hydrogen-bond acceptors (Lipinski definition) is 5. The molecule has 0 radical (unpaired) electrons. The smallest absolute Gasteiger partial charge is 0.129 e. The fraction of sp³-hybridized carbons (Fsp3) is 0.667. The van der Waals surface area contributed by atoms with Gasteiger partial charge in [-0.15, -0.1) is 0 Å². The van der Waals surface area contributed by atoms with Gasteiger partial charge in [0.2, 0.25) is 0 Å². The Morgan fingerprint density at radius 1 is 1.41 bits per heavy atom. The molecule has 2 N–H and O–H groups in total. The molecule has 1 aliphatic heterocycles. The highest BCUT2D eigenvalue weighted by Gasteiger charge is 2.12. The van der Waals surface area contributed by atoms with Crippen LogP contribution in [0.25, 0.3) is 0 Å². The molecule has 17 heavy (non-hydrogen) atoms. The van der Waals surface area contributed by atoms with Crippen LogP contribution in [0.1, 0.15) is 18.5 Å². The third kappa shape index (κ3) is 3.94. The van der Waals surface area contributed by atoms with Crippen LogP contribution < -0.4 is 10.6 Å². The van der Waals surface area contributed by atoms with Gasteiger partial charge in [0.05, 0.1) is 12.3 Å². The molecular formula is C12H20N4O. The molecule has 0 amide bonds. The second-order valence-electron chi connectivity index (χ2n) is 4.40. The molecule has 0 saturated carbocycles. The second kappa shape index (κ2) is 6.51. The van der Waals surface area contributed by atoms with E-state index in [2.05, 4.69) is 20.6 Å². The van der Waals surface area contributed by atoms with E-state index in [1.807, 2.05) is 6.07 Å². The van der Waals surface area contributed by atoms with Gasteiger partial charge in [-0.2, -0.15) is 0 Å². The monoisotopic (exact) mass is 236 g/mol. The minimum absolute atomic E-state index is 0.532. The lowest BCUT2D eigenvalue weighted by Crippen LogP contribution is -2.31. The van der Waals surface area contributed by atoms with E-state index >= 15 is 0 Å². The highest BCUT2D eigenvalue weighted by atomic mass is 16.5. The molecule has 0 aliphatic carbocycles. The fourth-order valence-electron chi connectivity index (χ4n) is 2.06. The number of methoxy groups -OCH3 is 1. The molecule has 1 aromatic rings. The van der Waals surface area contributed by atoms with Gasteiger partial charge in [-0.25, -0.2) is 9.97 Å². The van der Waals surface area contributed by atoms with Crippen LogP contribution in [0, 0.1) is 5.92 Å². The number of piperidine rings is 1. The molecule has 0 bridgehead atoms. The SMILES string of the molecule is COCc1cc(NCC2CCNCC2)ncn1. The first kappa shape index (κ1) is 12.3. The maximum absolute atomic E-state index is 5.05. The fourth-order valence-corrected chi connectivity index (χ4v) is 2.06. The molecule has 1 aliphatic rings. The molecule has 2 heterocycles. The molecule has 5 nitrogen and oxygen atoms in total. The van der Waals surface area contributed by atoms with Crippen molar-refractivity contribution in [1.82, 2.24) is 15.3 Å². The third-order valence-electron chi connectivity index (χ3n) is 3.05. The number of rotatable bonds is 5. The maximum atomic E-state index is 5.05. The van der Waals surface area contributed by atoms with Crippen LogP contribution in [0.4, 0.5) is 5.82 Å². The summed E-state index contributed by atoms with van der Waals surface area (Å²) in [6, 6.07) is 1.95. The first-order valence-corrected chi connectivity index (χ1v) is 6.13. The van der Waals surface area contributed by atoms with Crippen molar-refractivity contribution in [3.05, 3.63) is 18.1 Å². The maximum Gasteiger partial charge on any atom is 0.129 e. The number of hydrogen-bond donors (Lipinski definition) is 2. The van der Waals surface area contributed by atoms with Crippen molar-refractivity contribution in [2.75, 3.05) is 32.1 Å². The lowest BCUT2D eigenvalue weighted by molar-refractivity contribution is 0.181. The highest BCUT2D eigenvalue weighted by molar-refractivity contribution is 5.34. The molecule has 0 aromatic carbocycles. The molecule has 1 saturated heterocycles. The molecule has 94 valence electrons. The number of aromatic nitrogens is 2. The van der Waals surface area contributed by atoms with Gasteiger partial charge in [0.15, 0.2) is 0 Å². The van der Waals surface area contributed by atoms with Gasteiger partial charge < -0.3 is 15.4 Å². The second-order valence-corrected chi connectivity index (χ2v) is 4.40. The molecule has 0 spiro atoms. The Morgan fingerprint density at radius 3 is 3.00 bits per heavy atom. The van der Waals surface area contributed by atoms with Crippen molar-refractivity contribution in [2.24, 2.45) is 5.92 Å². The summed E-state index contributed by atoms with van der Waals surface area (Å²) in [6.07, 6.45) is 4.06. The van der Waals surface area contributed by atoms with Gasteiger partial charge in [0.25, 0.3) is 0 Å². The number of nitrogens with one attached hydrogen (secondary N) is 2. The topological polar surface area (TPSA) is 59.1 Å². The molecule has 1 aromatic heterocycles. The van der Waals surface area contributed by atoms with Crippen LogP contribution in [0.2, 0.25) is 0 Å². The van der Waals surface area contributed by atoms with Crippen molar-refractivity contribution in [1.29, 1.82) is 0 Å². The first-order valence-electron chi connectivity index (χ1n) is 6.13. The van der Waals surface area contributed by atoms with Gasteiger partial charge in [0.1, 0.15) is 12.1 Å². The summed E-state index contributed by atoms with van der Waals surface area (Å²) in [5.74, 6) is 1.64. The zero-order valence-corrected chi connectivity index (χ0v) is 10.3. The van der Waals surface area contributed by atoms with Crippen LogP contribution in [0.5, 0.6) is 0 Å². The van der Waals surface area contributed by atoms with Crippen LogP contribution in [0.3, 0.4) is 0 Å². The lowest BCUT2D eigenvalue weighted by atomic mass is 9.98. The van der Waals surface area contributed by atoms with E-state index in [0.717, 1.165) is 37.1 Å². The normalized spacial score (nSPS) is 17.0. The van der Waals surface area contributed by atoms with E-state index in [-0.39, 0.29) is 0 Å². The molecular weight excluding hydrogens is 216 g/mol. The van der Waals surface area contributed by atoms with Crippen molar-refractivity contribution >= 4 is 5.82 Å². The Bertz CT molecular complexity index is 339. The number of ether oxygens (including phenoxy) is 1. The minimum Gasteiger partial charge on any atom is -0.378 e. The quantitative estimate of drug-likeness (QED) is 0.800. The predicted molar refractivity (Wildman–Crippen MR) is 66.8 cm³/mol. The largest absolute Gasteiger partial charge is 0.378 e. The summed E-state index contributed by atoms with van der Waals surface area (Å²) in [5.41, 5.74) is 0.912. The third-order valence-corrected chi connectivity index (χ3v) is 3.05. The van der Waals surface area contributed by atoms with Crippen LogP contribution >= 0.6 is 0 Å². The van der Waals surface area contributed by atoms with E-state index in [1.165, 1.54) is 12.8 Å².